The van der Waals surface area contributed by atoms with Gasteiger partial charge in [0, 0.05) is 28.2 Å². The first-order valence-electron chi connectivity index (χ1n) is 13.9. The van der Waals surface area contributed by atoms with Crippen LogP contribution < -0.4 is 0 Å². The number of β-lactam (4-membered cyclic amide) rings is 1. The topological polar surface area (TPSA) is 99.0 Å². The minimum atomic E-state index is -0.622. The normalized spacial score (nSPS) is 19.0. The van der Waals surface area contributed by atoms with Crippen molar-refractivity contribution in [2.75, 3.05) is 0 Å². The highest BCUT2D eigenvalue weighted by molar-refractivity contribution is 8.04. The molecule has 0 N–H and O–H groups in total. The quantitative estimate of drug-likeness (QED) is 0.111. The summed E-state index contributed by atoms with van der Waals surface area (Å²) >= 11 is 1.59. The van der Waals surface area contributed by atoms with E-state index in [-0.39, 0.29) is 29.0 Å². The van der Waals surface area contributed by atoms with Crippen LogP contribution in [-0.2, 0) is 25.7 Å². The molecule has 2 heterocycles. The van der Waals surface area contributed by atoms with Crippen molar-refractivity contribution in [3.8, 4) is 0 Å². The van der Waals surface area contributed by atoms with Crippen LogP contribution in [-0.4, -0.2) is 38.6 Å². The number of nitro groups is 1. The summed E-state index contributed by atoms with van der Waals surface area (Å²) in [5.74, 6) is -1.10. The number of hydrogen-bond acceptors (Lipinski definition) is 7. The number of esters is 1. The maximum Gasteiger partial charge on any atom is 0.356 e. The Balaban J connectivity index is 1.35. The standard InChI is InChI=1S/C33H34N2O6S/c1-21(40-20-22-15-17-25(18-16-22)35(38)39)28-26-19-27(42-33(2,3)4)29(34(26)31(28)36)32(37)41-30(23-11-7-5-8-12-23)24-13-9-6-10-14-24/h5-18,21,26,28,30H,19-20H2,1-4H3/t21?,26-,28?/m1/s1. The number of fused-ring (bicyclic) bond motifs is 1. The molecule has 0 bridgehead atoms. The van der Waals surface area contributed by atoms with Crippen molar-refractivity contribution < 1.29 is 24.0 Å². The predicted octanol–water partition coefficient (Wildman–Crippen LogP) is 6.81. The van der Waals surface area contributed by atoms with Crippen LogP contribution in [0.15, 0.2) is 95.5 Å². The Morgan fingerprint density at radius 2 is 1.57 bits per heavy atom. The summed E-state index contributed by atoms with van der Waals surface area (Å²) in [6.45, 7) is 8.32. The van der Waals surface area contributed by atoms with Crippen LogP contribution in [0.4, 0.5) is 5.69 Å². The monoisotopic (exact) mass is 586 g/mol. The summed E-state index contributed by atoms with van der Waals surface area (Å²) < 4.78 is 12.1. The van der Waals surface area contributed by atoms with E-state index < -0.39 is 29.0 Å². The van der Waals surface area contributed by atoms with Crippen LogP contribution in [0.2, 0.25) is 0 Å². The molecule has 1 saturated heterocycles. The van der Waals surface area contributed by atoms with Crippen LogP contribution in [0.5, 0.6) is 0 Å². The van der Waals surface area contributed by atoms with E-state index >= 15 is 0 Å². The molecule has 0 radical (unpaired) electrons. The fraction of sp³-hybridized carbons (Fsp3) is 0.333. The summed E-state index contributed by atoms with van der Waals surface area (Å²) in [5, 5.41) is 10.9. The van der Waals surface area contributed by atoms with Gasteiger partial charge in [-0.2, -0.15) is 0 Å². The lowest BCUT2D eigenvalue weighted by Gasteiger charge is -2.46. The van der Waals surface area contributed by atoms with Crippen LogP contribution in [0.3, 0.4) is 0 Å². The Morgan fingerprint density at radius 1 is 1.00 bits per heavy atom. The smallest absolute Gasteiger partial charge is 0.356 e. The van der Waals surface area contributed by atoms with E-state index in [2.05, 4.69) is 20.8 Å². The van der Waals surface area contributed by atoms with E-state index in [1.165, 1.54) is 12.1 Å². The second-order valence-corrected chi connectivity index (χ2v) is 13.5. The maximum absolute atomic E-state index is 13.9. The zero-order valence-corrected chi connectivity index (χ0v) is 24.9. The SMILES string of the molecule is CC(OCc1ccc([N+](=O)[O-])cc1)C1C(=O)N2C(C(=O)OC(c3ccccc3)c3ccccc3)=C(SC(C)(C)C)C[C@H]12. The number of rotatable bonds is 10. The Kier molecular flexibility index (Phi) is 8.52. The van der Waals surface area contributed by atoms with Gasteiger partial charge in [-0.05, 0) is 35.7 Å². The average molecular weight is 587 g/mol. The van der Waals surface area contributed by atoms with Gasteiger partial charge in [-0.3, -0.25) is 14.9 Å². The molecule has 5 rings (SSSR count). The highest BCUT2D eigenvalue weighted by Crippen LogP contribution is 2.50. The Hall–Kier alpha value is -3.95. The molecule has 218 valence electrons. The van der Waals surface area contributed by atoms with Gasteiger partial charge < -0.3 is 14.4 Å². The lowest BCUT2D eigenvalue weighted by atomic mass is 9.83. The summed E-state index contributed by atoms with van der Waals surface area (Å²) in [5.41, 5.74) is 2.80. The number of ether oxygens (including phenoxy) is 2. The van der Waals surface area contributed by atoms with Crippen molar-refractivity contribution in [3.63, 3.8) is 0 Å². The first kappa shape index (κ1) is 29.5. The molecule has 1 fully saturated rings. The second-order valence-electron chi connectivity index (χ2n) is 11.5. The van der Waals surface area contributed by atoms with Gasteiger partial charge in [-0.1, -0.05) is 81.4 Å². The summed E-state index contributed by atoms with van der Waals surface area (Å²) in [6, 6.07) is 25.1. The van der Waals surface area contributed by atoms with Gasteiger partial charge in [-0.25, -0.2) is 4.79 Å². The highest BCUT2D eigenvalue weighted by atomic mass is 32.2. The minimum Gasteiger partial charge on any atom is -0.448 e. The third-order valence-electron chi connectivity index (χ3n) is 7.39. The van der Waals surface area contributed by atoms with E-state index in [0.717, 1.165) is 21.6 Å². The number of carbonyl (C=O) groups excluding carboxylic acids is 2. The Labute approximate surface area is 249 Å². The van der Waals surface area contributed by atoms with Gasteiger partial charge in [0.15, 0.2) is 6.10 Å². The summed E-state index contributed by atoms with van der Waals surface area (Å²) in [4.78, 5) is 40.5. The number of nitrogens with zero attached hydrogens (tertiary/aromatic N) is 2. The van der Waals surface area contributed by atoms with Crippen LogP contribution in [0.25, 0.3) is 0 Å². The van der Waals surface area contributed by atoms with Crippen molar-refractivity contribution in [1.29, 1.82) is 0 Å². The fourth-order valence-corrected chi connectivity index (χ4v) is 6.73. The lowest BCUT2D eigenvalue weighted by Crippen LogP contribution is -2.62. The van der Waals surface area contributed by atoms with Gasteiger partial charge in [0.1, 0.15) is 5.70 Å². The van der Waals surface area contributed by atoms with Gasteiger partial charge >= 0.3 is 5.97 Å². The third kappa shape index (κ3) is 6.27. The minimum absolute atomic E-state index is 0.0127. The van der Waals surface area contributed by atoms with Gasteiger partial charge in [0.2, 0.25) is 5.91 Å². The maximum atomic E-state index is 13.9. The molecular weight excluding hydrogens is 552 g/mol. The Morgan fingerprint density at radius 3 is 2.10 bits per heavy atom. The summed E-state index contributed by atoms with van der Waals surface area (Å²) in [6.07, 6.45) is -0.481. The number of thioether (sulfide) groups is 1. The third-order valence-corrected chi connectivity index (χ3v) is 8.61. The predicted molar refractivity (Wildman–Crippen MR) is 161 cm³/mol. The van der Waals surface area contributed by atoms with Gasteiger partial charge in [0.25, 0.3) is 5.69 Å². The molecule has 3 aromatic carbocycles. The van der Waals surface area contributed by atoms with E-state index in [1.807, 2.05) is 67.6 Å². The first-order chi connectivity index (χ1) is 20.0. The van der Waals surface area contributed by atoms with E-state index in [1.54, 1.807) is 28.8 Å². The molecule has 2 aliphatic heterocycles. The highest BCUT2D eigenvalue weighted by Gasteiger charge is 2.58. The van der Waals surface area contributed by atoms with E-state index in [9.17, 15) is 19.7 Å². The largest absolute Gasteiger partial charge is 0.448 e. The van der Waals surface area contributed by atoms with Gasteiger partial charge in [-0.15, -0.1) is 11.8 Å². The van der Waals surface area contributed by atoms with Crippen molar-refractivity contribution in [1.82, 2.24) is 4.90 Å². The number of non-ortho nitro benzene ring substituents is 1. The fourth-order valence-electron chi connectivity index (χ4n) is 5.46. The summed E-state index contributed by atoms with van der Waals surface area (Å²) in [7, 11) is 0. The molecule has 1 amide bonds. The molecule has 0 saturated carbocycles. The lowest BCUT2D eigenvalue weighted by molar-refractivity contribution is -0.384. The van der Waals surface area contributed by atoms with Crippen LogP contribution in [0.1, 0.15) is 56.9 Å². The van der Waals surface area contributed by atoms with Crippen LogP contribution >= 0.6 is 11.8 Å². The molecule has 9 heteroatoms. The van der Waals surface area contributed by atoms with Crippen molar-refractivity contribution in [2.24, 2.45) is 5.92 Å². The molecule has 3 atom stereocenters. The number of hydrogen-bond donors (Lipinski definition) is 0. The molecule has 0 aromatic heterocycles. The van der Waals surface area contributed by atoms with Crippen molar-refractivity contribution in [3.05, 3.63) is 122 Å². The number of amides is 1. The number of nitro benzene ring substituents is 1. The number of benzene rings is 3. The van der Waals surface area contributed by atoms with Crippen molar-refractivity contribution >= 4 is 29.3 Å². The molecular formula is C33H34N2O6S. The zero-order chi connectivity index (χ0) is 30.0. The molecule has 2 unspecified atom stereocenters. The van der Waals surface area contributed by atoms with Gasteiger partial charge in [0.05, 0.1) is 29.6 Å². The second kappa shape index (κ2) is 12.1. The molecule has 8 nitrogen and oxygen atoms in total. The molecule has 42 heavy (non-hydrogen) atoms. The van der Waals surface area contributed by atoms with Crippen molar-refractivity contribution in [2.45, 2.75) is 63.7 Å². The van der Waals surface area contributed by atoms with Crippen LogP contribution in [0, 0.1) is 16.0 Å². The van der Waals surface area contributed by atoms with E-state index in [0.29, 0.717) is 12.1 Å². The Bertz CT molecular complexity index is 1440. The first-order valence-corrected chi connectivity index (χ1v) is 14.8. The molecule has 0 spiro atoms. The average Bonchev–Trinajstić information content (AvgIpc) is 3.28. The molecule has 3 aromatic rings. The molecule has 0 aliphatic carbocycles. The molecule has 2 aliphatic rings. The van der Waals surface area contributed by atoms with E-state index in [4.69, 9.17) is 9.47 Å². The number of carbonyl (C=O) groups is 2. The zero-order valence-electron chi connectivity index (χ0n) is 24.1.